The van der Waals surface area contributed by atoms with Crippen molar-refractivity contribution in [2.24, 2.45) is 0 Å². The van der Waals surface area contributed by atoms with Gasteiger partial charge >= 0.3 is 0 Å². The van der Waals surface area contributed by atoms with E-state index in [0.29, 0.717) is 13.2 Å². The molecular formula is C10H14ClN3O2. The number of ether oxygens (including phenoxy) is 1. The summed E-state index contributed by atoms with van der Waals surface area (Å²) in [6.07, 6.45) is 4.15. The Morgan fingerprint density at radius 3 is 2.88 bits per heavy atom. The van der Waals surface area contributed by atoms with Gasteiger partial charge in [0.05, 0.1) is 13.0 Å². The highest BCUT2D eigenvalue weighted by molar-refractivity contribution is 6.32. The summed E-state index contributed by atoms with van der Waals surface area (Å²) >= 11 is 5.73. The van der Waals surface area contributed by atoms with Gasteiger partial charge in [-0.15, -0.1) is 0 Å². The van der Waals surface area contributed by atoms with Crippen molar-refractivity contribution in [3.8, 4) is 0 Å². The van der Waals surface area contributed by atoms with Crippen molar-refractivity contribution in [1.29, 1.82) is 0 Å². The lowest BCUT2D eigenvalue weighted by molar-refractivity contribution is -0.117. The maximum Gasteiger partial charge on any atom is 0.227 e. The summed E-state index contributed by atoms with van der Waals surface area (Å²) in [5, 5.41) is 2.75. The lowest BCUT2D eigenvalue weighted by Crippen LogP contribution is -2.15. The van der Waals surface area contributed by atoms with Crippen LogP contribution in [0.15, 0.2) is 12.4 Å². The molecule has 5 nitrogen and oxygen atoms in total. The fourth-order valence-corrected chi connectivity index (χ4v) is 1.16. The molecule has 1 heterocycles. The van der Waals surface area contributed by atoms with Crippen molar-refractivity contribution in [2.75, 3.05) is 18.5 Å². The van der Waals surface area contributed by atoms with E-state index in [0.717, 1.165) is 6.42 Å². The van der Waals surface area contributed by atoms with E-state index in [2.05, 4.69) is 15.3 Å². The first-order valence-electron chi connectivity index (χ1n) is 5.08. The van der Waals surface area contributed by atoms with Crippen LogP contribution >= 0.6 is 11.6 Å². The van der Waals surface area contributed by atoms with E-state index in [4.69, 9.17) is 16.3 Å². The average molecular weight is 244 g/mol. The van der Waals surface area contributed by atoms with E-state index in [1.54, 1.807) is 0 Å². The predicted molar refractivity (Wildman–Crippen MR) is 61.4 cm³/mol. The van der Waals surface area contributed by atoms with Crippen molar-refractivity contribution >= 4 is 23.3 Å². The van der Waals surface area contributed by atoms with Crippen LogP contribution in [0.3, 0.4) is 0 Å². The molecule has 16 heavy (non-hydrogen) atoms. The van der Waals surface area contributed by atoms with Crippen LogP contribution in [0, 0.1) is 0 Å². The van der Waals surface area contributed by atoms with Gasteiger partial charge in [0.25, 0.3) is 0 Å². The van der Waals surface area contributed by atoms with Crippen molar-refractivity contribution in [2.45, 2.75) is 19.8 Å². The summed E-state index contributed by atoms with van der Waals surface area (Å²) in [5.74, 6) is 0.100. The Morgan fingerprint density at radius 1 is 1.44 bits per heavy atom. The number of rotatable bonds is 6. The monoisotopic (exact) mass is 243 g/mol. The third-order valence-corrected chi connectivity index (χ3v) is 2.01. The van der Waals surface area contributed by atoms with Crippen LogP contribution in [-0.4, -0.2) is 29.1 Å². The van der Waals surface area contributed by atoms with Crippen molar-refractivity contribution in [3.05, 3.63) is 17.5 Å². The van der Waals surface area contributed by atoms with Crippen LogP contribution in [0.1, 0.15) is 19.8 Å². The van der Waals surface area contributed by atoms with Gasteiger partial charge in [-0.25, -0.2) is 9.97 Å². The van der Waals surface area contributed by atoms with E-state index >= 15 is 0 Å². The van der Waals surface area contributed by atoms with Crippen molar-refractivity contribution in [1.82, 2.24) is 9.97 Å². The van der Waals surface area contributed by atoms with E-state index < -0.39 is 0 Å². The van der Waals surface area contributed by atoms with Gasteiger partial charge in [0.1, 0.15) is 0 Å². The van der Waals surface area contributed by atoms with Gasteiger partial charge in [0.15, 0.2) is 11.0 Å². The average Bonchev–Trinajstić information content (AvgIpc) is 2.28. The SMILES string of the molecule is CCCOCCC(=O)Nc1nccnc1Cl. The van der Waals surface area contributed by atoms with Gasteiger partial charge in [-0.05, 0) is 6.42 Å². The Kier molecular flexibility index (Phi) is 5.74. The largest absolute Gasteiger partial charge is 0.381 e. The Hall–Kier alpha value is -1.20. The fraction of sp³-hybridized carbons (Fsp3) is 0.500. The molecule has 0 spiro atoms. The van der Waals surface area contributed by atoms with Gasteiger partial charge in [-0.2, -0.15) is 0 Å². The van der Waals surface area contributed by atoms with Gasteiger partial charge in [0.2, 0.25) is 5.91 Å². The summed E-state index contributed by atoms with van der Waals surface area (Å²) in [6, 6.07) is 0. The minimum atomic E-state index is -0.182. The molecule has 0 saturated heterocycles. The molecule has 0 aliphatic carbocycles. The van der Waals surface area contributed by atoms with Gasteiger partial charge in [-0.1, -0.05) is 18.5 Å². The van der Waals surface area contributed by atoms with Gasteiger partial charge in [-0.3, -0.25) is 4.79 Å². The molecule has 1 aromatic rings. The van der Waals surface area contributed by atoms with Crippen LogP contribution in [0.5, 0.6) is 0 Å². The highest BCUT2D eigenvalue weighted by Gasteiger charge is 2.06. The zero-order chi connectivity index (χ0) is 11.8. The number of hydrogen-bond donors (Lipinski definition) is 1. The van der Waals surface area contributed by atoms with Crippen molar-refractivity contribution < 1.29 is 9.53 Å². The van der Waals surface area contributed by atoms with E-state index in [1.807, 2.05) is 6.92 Å². The smallest absolute Gasteiger partial charge is 0.227 e. The summed E-state index contributed by atoms with van der Waals surface area (Å²) in [4.78, 5) is 19.1. The van der Waals surface area contributed by atoms with Crippen LogP contribution in [-0.2, 0) is 9.53 Å². The molecular weight excluding hydrogens is 230 g/mol. The summed E-state index contributed by atoms with van der Waals surface area (Å²) < 4.78 is 5.19. The molecule has 0 aromatic carbocycles. The Morgan fingerprint density at radius 2 is 2.19 bits per heavy atom. The van der Waals surface area contributed by atoms with Gasteiger partial charge < -0.3 is 10.1 Å². The number of amides is 1. The first-order chi connectivity index (χ1) is 7.74. The lowest BCUT2D eigenvalue weighted by Gasteiger charge is -2.05. The number of hydrogen-bond acceptors (Lipinski definition) is 4. The molecule has 0 bridgehead atoms. The maximum absolute atomic E-state index is 11.4. The number of nitrogens with zero attached hydrogens (tertiary/aromatic N) is 2. The second-order valence-electron chi connectivity index (χ2n) is 3.11. The standard InChI is InChI=1S/C10H14ClN3O2/c1-2-6-16-7-3-8(15)14-10-9(11)12-4-5-13-10/h4-5H,2-3,6-7H2,1H3,(H,13,14,15). The quantitative estimate of drug-likeness (QED) is 0.775. The first-order valence-corrected chi connectivity index (χ1v) is 5.46. The van der Waals surface area contributed by atoms with Crippen molar-refractivity contribution in [3.63, 3.8) is 0 Å². The number of halogens is 1. The van der Waals surface area contributed by atoms with Gasteiger partial charge in [0, 0.05) is 19.0 Å². The highest BCUT2D eigenvalue weighted by atomic mass is 35.5. The van der Waals surface area contributed by atoms with Crippen LogP contribution in [0.2, 0.25) is 5.15 Å². The van der Waals surface area contributed by atoms with Crippen LogP contribution in [0.25, 0.3) is 0 Å². The van der Waals surface area contributed by atoms with E-state index in [-0.39, 0.29) is 23.3 Å². The molecule has 0 unspecified atom stereocenters. The molecule has 0 atom stereocenters. The third-order valence-electron chi connectivity index (χ3n) is 1.73. The molecule has 1 rings (SSSR count). The molecule has 88 valence electrons. The number of aromatic nitrogens is 2. The fourth-order valence-electron chi connectivity index (χ4n) is 1.01. The minimum absolute atomic E-state index is 0.182. The topological polar surface area (TPSA) is 64.1 Å². The molecule has 0 aliphatic heterocycles. The predicted octanol–water partition coefficient (Wildman–Crippen LogP) is 1.89. The maximum atomic E-state index is 11.4. The Bertz CT molecular complexity index is 347. The zero-order valence-electron chi connectivity index (χ0n) is 9.07. The normalized spacial score (nSPS) is 10.1. The Labute approximate surface area is 99.2 Å². The Balaban J connectivity index is 2.32. The van der Waals surface area contributed by atoms with E-state index in [1.165, 1.54) is 12.4 Å². The number of nitrogens with one attached hydrogen (secondary N) is 1. The molecule has 0 aliphatic rings. The summed E-state index contributed by atoms with van der Waals surface area (Å²) in [5.41, 5.74) is 0. The number of carbonyl (C=O) groups is 1. The molecule has 0 radical (unpaired) electrons. The first kappa shape index (κ1) is 12.9. The van der Waals surface area contributed by atoms with Crippen LogP contribution in [0.4, 0.5) is 5.82 Å². The molecule has 0 saturated carbocycles. The minimum Gasteiger partial charge on any atom is -0.381 e. The summed E-state index contributed by atoms with van der Waals surface area (Å²) in [7, 11) is 0. The second kappa shape index (κ2) is 7.14. The molecule has 0 fully saturated rings. The zero-order valence-corrected chi connectivity index (χ0v) is 9.83. The molecule has 1 N–H and O–H groups in total. The summed E-state index contributed by atoms with van der Waals surface area (Å²) in [6.45, 7) is 3.08. The number of anilines is 1. The third kappa shape index (κ3) is 4.55. The molecule has 6 heteroatoms. The second-order valence-corrected chi connectivity index (χ2v) is 3.46. The number of carbonyl (C=O) groups excluding carboxylic acids is 1. The lowest BCUT2D eigenvalue weighted by atomic mass is 10.4. The van der Waals surface area contributed by atoms with E-state index in [9.17, 15) is 4.79 Å². The molecule has 1 aromatic heterocycles. The molecule has 1 amide bonds. The highest BCUT2D eigenvalue weighted by Crippen LogP contribution is 2.13. The van der Waals surface area contributed by atoms with Crippen LogP contribution < -0.4 is 5.32 Å².